The molecule has 1 atom stereocenters. The molecule has 1 aliphatic rings. The van der Waals surface area contributed by atoms with Crippen molar-refractivity contribution in [1.29, 1.82) is 0 Å². The zero-order valence-corrected chi connectivity index (χ0v) is 12.4. The summed E-state index contributed by atoms with van der Waals surface area (Å²) in [7, 11) is 0. The van der Waals surface area contributed by atoms with E-state index in [4.69, 9.17) is 5.73 Å². The van der Waals surface area contributed by atoms with Crippen molar-refractivity contribution in [3.8, 4) is 0 Å². The van der Waals surface area contributed by atoms with Crippen molar-refractivity contribution in [2.24, 2.45) is 11.7 Å². The molecule has 0 bridgehead atoms. The molecular weight excluding hydrogens is 210 g/mol. The first-order chi connectivity index (χ1) is 7.79. The Hall–Kier alpha value is -0.120. The lowest BCUT2D eigenvalue weighted by Gasteiger charge is -2.42. The van der Waals surface area contributed by atoms with Gasteiger partial charge >= 0.3 is 0 Å². The van der Waals surface area contributed by atoms with Gasteiger partial charge in [0.05, 0.1) is 0 Å². The van der Waals surface area contributed by atoms with Crippen LogP contribution in [0.2, 0.25) is 0 Å². The first kappa shape index (κ1) is 14.9. The summed E-state index contributed by atoms with van der Waals surface area (Å²) >= 11 is 0. The fraction of sp³-hybridized carbons (Fsp3) is 1.00. The van der Waals surface area contributed by atoms with Gasteiger partial charge in [-0.2, -0.15) is 0 Å². The van der Waals surface area contributed by atoms with Gasteiger partial charge in [0.25, 0.3) is 0 Å². The third-order valence-corrected chi connectivity index (χ3v) is 3.59. The quantitative estimate of drug-likeness (QED) is 0.814. The molecule has 3 heteroatoms. The molecular formula is C14H31N3. The predicted octanol–water partition coefficient (Wildman–Crippen LogP) is 1.78. The SMILES string of the molecule is CC(C)C[C@H](N)CN1CCN(C(C)(C)C)CC1. The summed E-state index contributed by atoms with van der Waals surface area (Å²) in [6, 6.07) is 0.344. The van der Waals surface area contributed by atoms with E-state index >= 15 is 0 Å². The Morgan fingerprint density at radius 3 is 2.00 bits per heavy atom. The molecule has 17 heavy (non-hydrogen) atoms. The van der Waals surface area contributed by atoms with Gasteiger partial charge in [0.15, 0.2) is 0 Å². The number of hydrogen-bond acceptors (Lipinski definition) is 3. The van der Waals surface area contributed by atoms with Crippen LogP contribution in [0.4, 0.5) is 0 Å². The number of nitrogens with zero attached hydrogens (tertiary/aromatic N) is 2. The minimum absolute atomic E-state index is 0.312. The molecule has 2 N–H and O–H groups in total. The first-order valence-corrected chi connectivity index (χ1v) is 7.02. The highest BCUT2D eigenvalue weighted by molar-refractivity contribution is 4.83. The smallest absolute Gasteiger partial charge is 0.0170 e. The van der Waals surface area contributed by atoms with E-state index in [0.717, 1.165) is 13.0 Å². The standard InChI is InChI=1S/C14H31N3/c1-12(2)10-13(15)11-16-6-8-17(9-7-16)14(3,4)5/h12-13H,6-11,15H2,1-5H3/t13-/m0/s1. The van der Waals surface area contributed by atoms with Crippen LogP contribution in [-0.2, 0) is 0 Å². The number of rotatable bonds is 4. The highest BCUT2D eigenvalue weighted by Gasteiger charge is 2.26. The van der Waals surface area contributed by atoms with Gasteiger partial charge in [-0.05, 0) is 33.1 Å². The molecule has 0 radical (unpaired) electrons. The molecule has 1 heterocycles. The van der Waals surface area contributed by atoms with Crippen molar-refractivity contribution >= 4 is 0 Å². The van der Waals surface area contributed by atoms with Gasteiger partial charge in [0, 0.05) is 44.3 Å². The summed E-state index contributed by atoms with van der Waals surface area (Å²) in [5.41, 5.74) is 6.48. The zero-order chi connectivity index (χ0) is 13.1. The van der Waals surface area contributed by atoms with Gasteiger partial charge in [-0.3, -0.25) is 9.80 Å². The van der Waals surface area contributed by atoms with E-state index in [2.05, 4.69) is 44.4 Å². The minimum atomic E-state index is 0.312. The monoisotopic (exact) mass is 241 g/mol. The maximum absolute atomic E-state index is 6.17. The molecule has 0 aromatic heterocycles. The molecule has 1 rings (SSSR count). The Morgan fingerprint density at radius 1 is 1.06 bits per heavy atom. The van der Waals surface area contributed by atoms with Crippen molar-refractivity contribution in [3.05, 3.63) is 0 Å². The third kappa shape index (κ3) is 5.36. The molecule has 0 aromatic carbocycles. The third-order valence-electron chi connectivity index (χ3n) is 3.59. The molecule has 0 saturated carbocycles. The number of nitrogens with two attached hydrogens (primary N) is 1. The van der Waals surface area contributed by atoms with Crippen LogP contribution in [0.15, 0.2) is 0 Å². The Bertz CT molecular complexity index is 212. The molecule has 0 amide bonds. The van der Waals surface area contributed by atoms with E-state index in [-0.39, 0.29) is 0 Å². The van der Waals surface area contributed by atoms with Gasteiger partial charge < -0.3 is 5.73 Å². The zero-order valence-electron chi connectivity index (χ0n) is 12.4. The van der Waals surface area contributed by atoms with E-state index in [1.807, 2.05) is 0 Å². The van der Waals surface area contributed by atoms with E-state index in [0.29, 0.717) is 17.5 Å². The summed E-state index contributed by atoms with van der Waals surface area (Å²) in [5.74, 6) is 0.709. The van der Waals surface area contributed by atoms with Crippen LogP contribution in [0.5, 0.6) is 0 Å². The fourth-order valence-electron chi connectivity index (χ4n) is 2.61. The summed E-state index contributed by atoms with van der Waals surface area (Å²) in [6.45, 7) is 17.2. The van der Waals surface area contributed by atoms with Gasteiger partial charge in [0.2, 0.25) is 0 Å². The Kier molecular flexibility index (Phi) is 5.42. The van der Waals surface area contributed by atoms with Crippen molar-refractivity contribution < 1.29 is 0 Å². The predicted molar refractivity (Wildman–Crippen MR) is 75.2 cm³/mol. The van der Waals surface area contributed by atoms with Crippen molar-refractivity contribution in [2.75, 3.05) is 32.7 Å². The molecule has 0 unspecified atom stereocenters. The normalized spacial score (nSPS) is 22.1. The number of hydrogen-bond donors (Lipinski definition) is 1. The molecule has 0 aromatic rings. The van der Waals surface area contributed by atoms with Crippen LogP contribution in [0.25, 0.3) is 0 Å². The molecule has 3 nitrogen and oxygen atoms in total. The molecule has 1 fully saturated rings. The molecule has 1 saturated heterocycles. The summed E-state index contributed by atoms with van der Waals surface area (Å²) < 4.78 is 0. The Morgan fingerprint density at radius 2 is 1.59 bits per heavy atom. The summed E-state index contributed by atoms with van der Waals surface area (Å²) in [4.78, 5) is 5.09. The number of piperazine rings is 1. The largest absolute Gasteiger partial charge is 0.327 e. The van der Waals surface area contributed by atoms with Crippen LogP contribution >= 0.6 is 0 Å². The van der Waals surface area contributed by atoms with Gasteiger partial charge in [-0.25, -0.2) is 0 Å². The van der Waals surface area contributed by atoms with E-state index in [9.17, 15) is 0 Å². The molecule has 1 aliphatic heterocycles. The average Bonchev–Trinajstić information content (AvgIpc) is 2.15. The summed E-state index contributed by atoms with van der Waals surface area (Å²) in [5, 5.41) is 0. The first-order valence-electron chi connectivity index (χ1n) is 7.02. The maximum Gasteiger partial charge on any atom is 0.0170 e. The average molecular weight is 241 g/mol. The van der Waals surface area contributed by atoms with Crippen LogP contribution < -0.4 is 5.73 Å². The van der Waals surface area contributed by atoms with Crippen LogP contribution in [-0.4, -0.2) is 54.1 Å². The highest BCUT2D eigenvalue weighted by atomic mass is 15.3. The lowest BCUT2D eigenvalue weighted by Crippen LogP contribution is -2.55. The highest BCUT2D eigenvalue weighted by Crippen LogP contribution is 2.16. The van der Waals surface area contributed by atoms with Crippen LogP contribution in [0.3, 0.4) is 0 Å². The van der Waals surface area contributed by atoms with Crippen LogP contribution in [0, 0.1) is 5.92 Å². The van der Waals surface area contributed by atoms with Crippen molar-refractivity contribution in [3.63, 3.8) is 0 Å². The van der Waals surface area contributed by atoms with Crippen LogP contribution in [0.1, 0.15) is 41.0 Å². The van der Waals surface area contributed by atoms with E-state index in [1.54, 1.807) is 0 Å². The van der Waals surface area contributed by atoms with E-state index in [1.165, 1.54) is 26.2 Å². The second-order valence-corrected chi connectivity index (χ2v) is 6.85. The lowest BCUT2D eigenvalue weighted by molar-refractivity contribution is 0.0590. The van der Waals surface area contributed by atoms with Gasteiger partial charge in [0.1, 0.15) is 0 Å². The minimum Gasteiger partial charge on any atom is -0.327 e. The second-order valence-electron chi connectivity index (χ2n) is 6.85. The second kappa shape index (κ2) is 6.17. The van der Waals surface area contributed by atoms with Gasteiger partial charge in [-0.1, -0.05) is 13.8 Å². The Balaban J connectivity index is 2.28. The molecule has 0 aliphatic carbocycles. The lowest BCUT2D eigenvalue weighted by atomic mass is 10.0. The van der Waals surface area contributed by atoms with Crippen molar-refractivity contribution in [1.82, 2.24) is 9.80 Å². The van der Waals surface area contributed by atoms with Gasteiger partial charge in [-0.15, -0.1) is 0 Å². The Labute approximate surface area is 107 Å². The maximum atomic E-state index is 6.17. The molecule has 0 spiro atoms. The fourth-order valence-corrected chi connectivity index (χ4v) is 2.61. The topological polar surface area (TPSA) is 32.5 Å². The van der Waals surface area contributed by atoms with E-state index < -0.39 is 0 Å². The summed E-state index contributed by atoms with van der Waals surface area (Å²) in [6.07, 6.45) is 1.14. The van der Waals surface area contributed by atoms with Crippen molar-refractivity contribution in [2.45, 2.75) is 52.6 Å². The molecule has 102 valence electrons.